The molecule has 96 valence electrons. The summed E-state index contributed by atoms with van der Waals surface area (Å²) >= 11 is 0. The molecule has 0 spiro atoms. The number of fused-ring (bicyclic) bond motifs is 1. The number of esters is 1. The highest BCUT2D eigenvalue weighted by molar-refractivity contribution is 5.92. The second-order valence-electron chi connectivity index (χ2n) is 3.15. The molecule has 2 rings (SSSR count). The average Bonchev–Trinajstić information content (AvgIpc) is 2.42. The highest BCUT2D eigenvalue weighted by Crippen LogP contribution is 2.04. The maximum atomic E-state index is 11.9. The summed E-state index contributed by atoms with van der Waals surface area (Å²) < 4.78 is 4.77. The molecule has 0 aliphatic rings. The zero-order valence-electron chi connectivity index (χ0n) is 10.7. The molecular formula is C13H16N2O3. The van der Waals surface area contributed by atoms with Crippen LogP contribution in [0.25, 0.3) is 11.0 Å². The Hall–Kier alpha value is -2.17. The minimum atomic E-state index is -0.628. The van der Waals surface area contributed by atoms with Gasteiger partial charge in [-0.05, 0) is 19.1 Å². The number of aromatic nitrogens is 2. The molecule has 0 aromatic carbocycles. The van der Waals surface area contributed by atoms with Gasteiger partial charge in [0, 0.05) is 12.4 Å². The molecule has 2 aromatic heterocycles. The van der Waals surface area contributed by atoms with E-state index in [1.54, 1.807) is 19.1 Å². The van der Waals surface area contributed by atoms with E-state index in [0.717, 1.165) is 0 Å². The molecule has 0 unspecified atom stereocenters. The van der Waals surface area contributed by atoms with Crippen LogP contribution in [0.5, 0.6) is 0 Å². The van der Waals surface area contributed by atoms with Gasteiger partial charge < -0.3 is 9.72 Å². The van der Waals surface area contributed by atoms with Crippen molar-refractivity contribution in [2.45, 2.75) is 20.8 Å². The lowest BCUT2D eigenvalue weighted by atomic mass is 10.2. The van der Waals surface area contributed by atoms with Crippen molar-refractivity contribution < 1.29 is 9.53 Å². The van der Waals surface area contributed by atoms with Crippen molar-refractivity contribution in [1.29, 1.82) is 0 Å². The Morgan fingerprint density at radius 1 is 1.44 bits per heavy atom. The topological polar surface area (TPSA) is 72.1 Å². The number of nitrogens with one attached hydrogen (secondary N) is 1. The molecule has 5 nitrogen and oxygen atoms in total. The Balaban J connectivity index is 0.000000771. The molecule has 2 aromatic rings. The summed E-state index contributed by atoms with van der Waals surface area (Å²) in [5.74, 6) is -0.628. The summed E-state index contributed by atoms with van der Waals surface area (Å²) in [5.41, 5.74) is 0.412. The number of carbonyl (C=O) groups excluding carboxylic acids is 1. The Kier molecular flexibility index (Phi) is 5.05. The Labute approximate surface area is 105 Å². The molecule has 0 amide bonds. The third-order valence-corrected chi connectivity index (χ3v) is 2.13. The van der Waals surface area contributed by atoms with Gasteiger partial charge >= 0.3 is 5.97 Å². The van der Waals surface area contributed by atoms with Crippen molar-refractivity contribution in [2.75, 3.05) is 6.61 Å². The number of aromatic amines is 1. The SMILES string of the molecule is CC.CCOC(=O)c1c[nH]c2cccnc2c1=O. The van der Waals surface area contributed by atoms with E-state index in [9.17, 15) is 9.59 Å². The standard InChI is InChI=1S/C11H10N2O3.C2H6/c1-2-16-11(15)7-6-13-8-4-3-5-12-9(8)10(7)14;1-2/h3-6H,2H2,1H3,(H,13,14);1-2H3. The van der Waals surface area contributed by atoms with Crippen LogP contribution in [0, 0.1) is 0 Å². The van der Waals surface area contributed by atoms with Crippen LogP contribution in [0.4, 0.5) is 0 Å². The molecule has 0 aliphatic heterocycles. The predicted molar refractivity (Wildman–Crippen MR) is 69.7 cm³/mol. The minimum Gasteiger partial charge on any atom is -0.462 e. The van der Waals surface area contributed by atoms with Crippen molar-refractivity contribution in [3.8, 4) is 0 Å². The minimum absolute atomic E-state index is 0.0203. The van der Waals surface area contributed by atoms with Gasteiger partial charge in [0.2, 0.25) is 5.43 Å². The first-order valence-electron chi connectivity index (χ1n) is 5.87. The molecular weight excluding hydrogens is 232 g/mol. The van der Waals surface area contributed by atoms with Crippen LogP contribution in [0.3, 0.4) is 0 Å². The zero-order chi connectivity index (χ0) is 13.5. The highest BCUT2D eigenvalue weighted by Gasteiger charge is 2.13. The molecule has 0 saturated heterocycles. The first-order chi connectivity index (χ1) is 8.74. The number of ether oxygens (including phenoxy) is 1. The highest BCUT2D eigenvalue weighted by atomic mass is 16.5. The normalized spacial score (nSPS) is 9.50. The fraction of sp³-hybridized carbons (Fsp3) is 0.308. The summed E-state index contributed by atoms with van der Waals surface area (Å²) in [6, 6.07) is 3.43. The summed E-state index contributed by atoms with van der Waals surface area (Å²) in [6.07, 6.45) is 2.86. The van der Waals surface area contributed by atoms with Crippen molar-refractivity contribution in [3.63, 3.8) is 0 Å². The largest absolute Gasteiger partial charge is 0.462 e. The molecule has 0 atom stereocenters. The van der Waals surface area contributed by atoms with Crippen LogP contribution in [0.1, 0.15) is 31.1 Å². The first kappa shape index (κ1) is 13.9. The van der Waals surface area contributed by atoms with Crippen LogP contribution in [0.15, 0.2) is 29.3 Å². The van der Waals surface area contributed by atoms with Gasteiger partial charge in [-0.15, -0.1) is 0 Å². The summed E-state index contributed by atoms with van der Waals surface area (Å²) in [7, 11) is 0. The molecule has 18 heavy (non-hydrogen) atoms. The van der Waals surface area contributed by atoms with Crippen LogP contribution < -0.4 is 5.43 Å². The van der Waals surface area contributed by atoms with Gasteiger partial charge in [-0.2, -0.15) is 0 Å². The first-order valence-corrected chi connectivity index (χ1v) is 5.87. The Bertz CT molecular complexity index is 590. The van der Waals surface area contributed by atoms with Gasteiger partial charge in [-0.3, -0.25) is 9.78 Å². The number of rotatable bonds is 2. The van der Waals surface area contributed by atoms with Crippen molar-refractivity contribution in [1.82, 2.24) is 9.97 Å². The summed E-state index contributed by atoms with van der Waals surface area (Å²) in [6.45, 7) is 5.92. The molecule has 0 saturated carbocycles. The fourth-order valence-electron chi connectivity index (χ4n) is 1.41. The van der Waals surface area contributed by atoms with Crippen LogP contribution >= 0.6 is 0 Å². The van der Waals surface area contributed by atoms with E-state index in [0.29, 0.717) is 5.52 Å². The van der Waals surface area contributed by atoms with Crippen molar-refractivity contribution >= 4 is 17.0 Å². The predicted octanol–water partition coefficient (Wildman–Crippen LogP) is 2.13. The van der Waals surface area contributed by atoms with Gasteiger partial charge in [0.1, 0.15) is 11.1 Å². The molecule has 1 N–H and O–H groups in total. The number of pyridine rings is 2. The van der Waals surface area contributed by atoms with Crippen LogP contribution in [-0.2, 0) is 4.74 Å². The van der Waals surface area contributed by atoms with Crippen LogP contribution in [-0.4, -0.2) is 22.5 Å². The average molecular weight is 248 g/mol. The molecule has 0 aliphatic carbocycles. The second kappa shape index (κ2) is 6.54. The summed E-state index contributed by atoms with van der Waals surface area (Å²) in [5, 5.41) is 0. The quantitative estimate of drug-likeness (QED) is 0.826. The van der Waals surface area contributed by atoms with E-state index in [-0.39, 0.29) is 17.7 Å². The van der Waals surface area contributed by atoms with E-state index in [1.807, 2.05) is 13.8 Å². The Morgan fingerprint density at radius 3 is 2.83 bits per heavy atom. The maximum Gasteiger partial charge on any atom is 0.343 e. The number of carbonyl (C=O) groups is 1. The van der Waals surface area contributed by atoms with E-state index in [2.05, 4.69) is 9.97 Å². The lowest BCUT2D eigenvalue weighted by Gasteiger charge is -2.02. The second-order valence-corrected chi connectivity index (χ2v) is 3.15. The third kappa shape index (κ3) is 2.74. The molecule has 5 heteroatoms. The number of hydrogen-bond acceptors (Lipinski definition) is 4. The van der Waals surface area contributed by atoms with E-state index >= 15 is 0 Å². The maximum absolute atomic E-state index is 11.9. The number of hydrogen-bond donors (Lipinski definition) is 1. The van der Waals surface area contributed by atoms with Gasteiger partial charge in [-0.1, -0.05) is 13.8 Å². The van der Waals surface area contributed by atoms with Crippen molar-refractivity contribution in [2.24, 2.45) is 0 Å². The molecule has 2 heterocycles. The molecule has 0 radical (unpaired) electrons. The van der Waals surface area contributed by atoms with Crippen LogP contribution in [0.2, 0.25) is 0 Å². The van der Waals surface area contributed by atoms with Gasteiger partial charge in [0.15, 0.2) is 0 Å². The van der Waals surface area contributed by atoms with Gasteiger partial charge in [0.05, 0.1) is 12.1 Å². The van der Waals surface area contributed by atoms with E-state index < -0.39 is 11.4 Å². The lowest BCUT2D eigenvalue weighted by molar-refractivity contribution is 0.0524. The molecule has 0 fully saturated rings. The smallest absolute Gasteiger partial charge is 0.343 e. The zero-order valence-corrected chi connectivity index (χ0v) is 10.7. The fourth-order valence-corrected chi connectivity index (χ4v) is 1.41. The monoisotopic (exact) mass is 248 g/mol. The van der Waals surface area contributed by atoms with Gasteiger partial charge in [0.25, 0.3) is 0 Å². The number of nitrogens with zero attached hydrogens (tertiary/aromatic N) is 1. The van der Waals surface area contributed by atoms with Crippen molar-refractivity contribution in [3.05, 3.63) is 40.3 Å². The number of H-pyrrole nitrogens is 1. The third-order valence-electron chi connectivity index (χ3n) is 2.13. The van der Waals surface area contributed by atoms with E-state index in [1.165, 1.54) is 12.4 Å². The molecule has 0 bridgehead atoms. The Morgan fingerprint density at radius 2 is 2.17 bits per heavy atom. The summed E-state index contributed by atoms with van der Waals surface area (Å²) in [4.78, 5) is 30.1. The van der Waals surface area contributed by atoms with E-state index in [4.69, 9.17) is 4.74 Å². The van der Waals surface area contributed by atoms with Gasteiger partial charge in [-0.25, -0.2) is 4.79 Å². The lowest BCUT2D eigenvalue weighted by Crippen LogP contribution is -2.18.